The minimum atomic E-state index is -0.643. The lowest BCUT2D eigenvalue weighted by atomic mass is 9.61. The maximum absolute atomic E-state index is 11.3. The van der Waals surface area contributed by atoms with Crippen molar-refractivity contribution in [1.29, 1.82) is 0 Å². The molecule has 4 fully saturated rings. The van der Waals surface area contributed by atoms with Crippen molar-refractivity contribution in [3.63, 3.8) is 0 Å². The monoisotopic (exact) mass is 549 g/mol. The van der Waals surface area contributed by atoms with Crippen molar-refractivity contribution in [2.75, 3.05) is 0 Å². The molecular formula is C35H51NO4. The minimum absolute atomic E-state index is 0.243. The third-order valence-corrected chi connectivity index (χ3v) is 10.9. The SMILES string of the molecule is C=C1/C(=C\C=C2/CCC[C@]3(C)[C@@H]([C@@H](C)/C=C/[C@H](O)C4(c5ncc(CCCCC)o5)CC4)CC[C@@H]23)C[C@@H](O)C[C@@H]1O. The minimum Gasteiger partial charge on any atom is -0.445 e. The molecule has 3 N–H and O–H groups in total. The van der Waals surface area contributed by atoms with E-state index < -0.39 is 18.3 Å². The van der Waals surface area contributed by atoms with E-state index in [9.17, 15) is 15.3 Å². The molecule has 0 radical (unpaired) electrons. The van der Waals surface area contributed by atoms with Gasteiger partial charge in [0.15, 0.2) is 0 Å². The molecule has 0 aromatic carbocycles. The number of hydrogen-bond acceptors (Lipinski definition) is 5. The third-order valence-electron chi connectivity index (χ3n) is 10.9. The predicted octanol–water partition coefficient (Wildman–Crippen LogP) is 7.13. The average Bonchev–Trinajstić information content (AvgIpc) is 3.46. The van der Waals surface area contributed by atoms with Gasteiger partial charge in [-0.2, -0.15) is 0 Å². The number of allylic oxidation sites excluding steroid dienone is 4. The van der Waals surface area contributed by atoms with E-state index in [1.807, 2.05) is 12.3 Å². The number of aryl methyl sites for hydroxylation is 1. The standard InChI is InChI=1S/C35H51NO4/c1-5-6-7-10-28-22-36-33(40-28)35(18-19-35)32(39)16-11-23(2)29-14-15-30-25(9-8-17-34(29,30)4)12-13-26-20-27(37)21-31(38)24(26)3/h11-13,16,22-23,27,29-32,37-39H,3,5-10,14-15,17-21H2,1-2,4H3/b16-11+,25-12+,26-13-/t23-,27+,29+,30-,31-,32-,34+/m0/s1. The second-order valence-corrected chi connectivity index (χ2v) is 13.6. The van der Waals surface area contributed by atoms with E-state index in [0.717, 1.165) is 49.0 Å². The Morgan fingerprint density at radius 3 is 2.70 bits per heavy atom. The van der Waals surface area contributed by atoms with Gasteiger partial charge < -0.3 is 19.7 Å². The zero-order valence-electron chi connectivity index (χ0n) is 24.9. The van der Waals surface area contributed by atoms with Crippen LogP contribution in [0.5, 0.6) is 0 Å². The number of hydrogen-bond donors (Lipinski definition) is 3. The molecule has 220 valence electrons. The number of unbranched alkanes of at least 4 members (excludes halogenated alkanes) is 2. The predicted molar refractivity (Wildman–Crippen MR) is 160 cm³/mol. The average molecular weight is 550 g/mol. The van der Waals surface area contributed by atoms with Crippen molar-refractivity contribution in [3.05, 3.63) is 65.5 Å². The summed E-state index contributed by atoms with van der Waals surface area (Å²) in [6.45, 7) is 11.1. The summed E-state index contributed by atoms with van der Waals surface area (Å²) >= 11 is 0. The lowest BCUT2D eigenvalue weighted by Gasteiger charge is -2.44. The molecule has 0 unspecified atom stereocenters. The van der Waals surface area contributed by atoms with Gasteiger partial charge >= 0.3 is 0 Å². The van der Waals surface area contributed by atoms with Gasteiger partial charge in [-0.05, 0) is 92.1 Å². The van der Waals surface area contributed by atoms with Crippen molar-refractivity contribution >= 4 is 0 Å². The van der Waals surface area contributed by atoms with Crippen LogP contribution >= 0.6 is 0 Å². The van der Waals surface area contributed by atoms with Crippen LogP contribution < -0.4 is 0 Å². The van der Waals surface area contributed by atoms with Crippen LogP contribution in [0.3, 0.4) is 0 Å². The molecule has 40 heavy (non-hydrogen) atoms. The highest BCUT2D eigenvalue weighted by Crippen LogP contribution is 2.60. The molecule has 0 aliphatic heterocycles. The number of rotatable bonds is 10. The second-order valence-electron chi connectivity index (χ2n) is 13.6. The first-order valence-corrected chi connectivity index (χ1v) is 15.9. The van der Waals surface area contributed by atoms with Gasteiger partial charge in [0.1, 0.15) is 5.76 Å². The zero-order chi connectivity index (χ0) is 28.5. The number of oxazole rings is 1. The maximum Gasteiger partial charge on any atom is 0.203 e. The van der Waals surface area contributed by atoms with Crippen molar-refractivity contribution in [1.82, 2.24) is 4.98 Å². The fraction of sp³-hybridized carbons (Fsp3) is 0.686. The lowest BCUT2D eigenvalue weighted by Crippen LogP contribution is -2.35. The van der Waals surface area contributed by atoms with E-state index in [1.165, 1.54) is 44.1 Å². The van der Waals surface area contributed by atoms with E-state index in [1.54, 1.807) is 0 Å². The van der Waals surface area contributed by atoms with Gasteiger partial charge in [0, 0.05) is 12.8 Å². The molecule has 0 amide bonds. The quantitative estimate of drug-likeness (QED) is 0.213. The molecule has 1 heterocycles. The van der Waals surface area contributed by atoms with Crippen LogP contribution in [-0.2, 0) is 11.8 Å². The maximum atomic E-state index is 11.3. The van der Waals surface area contributed by atoms with E-state index in [0.29, 0.717) is 36.5 Å². The van der Waals surface area contributed by atoms with Crippen LogP contribution in [0.25, 0.3) is 0 Å². The Morgan fingerprint density at radius 1 is 1.15 bits per heavy atom. The van der Waals surface area contributed by atoms with Gasteiger partial charge in [-0.15, -0.1) is 0 Å². The van der Waals surface area contributed by atoms with Gasteiger partial charge in [-0.3, -0.25) is 0 Å². The Labute approximate surface area is 241 Å². The summed E-state index contributed by atoms with van der Waals surface area (Å²) in [6, 6.07) is 0. The zero-order valence-corrected chi connectivity index (χ0v) is 24.9. The molecule has 4 aliphatic carbocycles. The van der Waals surface area contributed by atoms with Crippen LogP contribution in [0.15, 0.2) is 58.2 Å². The topological polar surface area (TPSA) is 86.7 Å². The number of aromatic nitrogens is 1. The molecular weight excluding hydrogens is 498 g/mol. The Morgan fingerprint density at radius 2 is 1.95 bits per heavy atom. The highest BCUT2D eigenvalue weighted by atomic mass is 16.4. The van der Waals surface area contributed by atoms with Crippen LogP contribution in [0.4, 0.5) is 0 Å². The van der Waals surface area contributed by atoms with Crippen molar-refractivity contribution in [2.45, 2.75) is 128 Å². The first-order valence-electron chi connectivity index (χ1n) is 15.9. The Kier molecular flexibility index (Phi) is 8.94. The van der Waals surface area contributed by atoms with Gasteiger partial charge in [0.05, 0.1) is 29.9 Å². The molecule has 5 heteroatoms. The van der Waals surface area contributed by atoms with E-state index in [4.69, 9.17) is 4.42 Å². The summed E-state index contributed by atoms with van der Waals surface area (Å²) < 4.78 is 6.12. The first kappa shape index (κ1) is 29.5. The molecule has 1 aromatic rings. The smallest absolute Gasteiger partial charge is 0.203 e. The van der Waals surface area contributed by atoms with E-state index in [2.05, 4.69) is 50.6 Å². The fourth-order valence-electron chi connectivity index (χ4n) is 8.18. The second kappa shape index (κ2) is 12.1. The highest BCUT2D eigenvalue weighted by Gasteiger charge is 2.54. The van der Waals surface area contributed by atoms with Crippen molar-refractivity contribution in [3.8, 4) is 0 Å². The summed E-state index contributed by atoms with van der Waals surface area (Å²) in [4.78, 5) is 4.59. The fourth-order valence-corrected chi connectivity index (χ4v) is 8.18. The Hall–Kier alpha value is -1.95. The highest BCUT2D eigenvalue weighted by molar-refractivity contribution is 5.38. The molecule has 4 aliphatic rings. The van der Waals surface area contributed by atoms with Gasteiger partial charge in [-0.25, -0.2) is 4.98 Å². The number of nitrogens with zero attached hydrogens (tertiary/aromatic N) is 1. The van der Waals surface area contributed by atoms with Crippen LogP contribution in [0.2, 0.25) is 0 Å². The first-order chi connectivity index (χ1) is 19.2. The Balaban J connectivity index is 1.24. The van der Waals surface area contributed by atoms with Gasteiger partial charge in [0.25, 0.3) is 0 Å². The summed E-state index contributed by atoms with van der Waals surface area (Å²) in [5.74, 6) is 3.18. The van der Waals surface area contributed by atoms with Crippen LogP contribution in [0, 0.1) is 23.2 Å². The molecule has 0 bridgehead atoms. The number of aliphatic hydroxyl groups excluding tert-OH is 3. The number of aliphatic hydroxyl groups is 3. The summed E-state index contributed by atoms with van der Waals surface area (Å²) in [5, 5.41) is 31.6. The summed E-state index contributed by atoms with van der Waals surface area (Å²) in [6.07, 6.45) is 22.1. The van der Waals surface area contributed by atoms with E-state index in [-0.39, 0.29) is 10.8 Å². The largest absolute Gasteiger partial charge is 0.445 e. The normalized spacial score (nSPS) is 35.4. The van der Waals surface area contributed by atoms with E-state index >= 15 is 0 Å². The van der Waals surface area contributed by atoms with Crippen molar-refractivity contribution < 1.29 is 19.7 Å². The molecule has 5 rings (SSSR count). The molecule has 0 spiro atoms. The summed E-state index contributed by atoms with van der Waals surface area (Å²) in [7, 11) is 0. The number of fused-ring (bicyclic) bond motifs is 1. The molecule has 5 nitrogen and oxygen atoms in total. The summed E-state index contributed by atoms with van der Waals surface area (Å²) in [5.41, 5.74) is 3.15. The molecule has 4 saturated carbocycles. The van der Waals surface area contributed by atoms with Crippen LogP contribution in [-0.4, -0.2) is 38.6 Å². The molecule has 0 saturated heterocycles. The third kappa shape index (κ3) is 5.84. The van der Waals surface area contributed by atoms with Gasteiger partial charge in [-0.1, -0.05) is 70.1 Å². The lowest BCUT2D eigenvalue weighted by molar-refractivity contribution is 0.0862. The van der Waals surface area contributed by atoms with Crippen LogP contribution in [0.1, 0.15) is 109 Å². The van der Waals surface area contributed by atoms with Crippen molar-refractivity contribution in [2.24, 2.45) is 23.2 Å². The molecule has 1 aromatic heterocycles. The Bertz CT molecular complexity index is 1140. The molecule has 7 atom stereocenters. The van der Waals surface area contributed by atoms with Gasteiger partial charge in [0.2, 0.25) is 5.89 Å².